The van der Waals surface area contributed by atoms with E-state index in [9.17, 15) is 9.59 Å². The van der Waals surface area contributed by atoms with Gasteiger partial charge in [0.15, 0.2) is 0 Å². The highest BCUT2D eigenvalue weighted by Gasteiger charge is 2.14. The molecule has 0 aromatic heterocycles. The van der Waals surface area contributed by atoms with Crippen LogP contribution in [0.4, 0.5) is 11.4 Å². The first-order chi connectivity index (χ1) is 14.0. The molecule has 0 bridgehead atoms. The standard InChI is InChI=1S/C22H27ClN4O2/c1-26-12-14-27(15-13-26)20-9-7-17(8-10-20)4-3-11-24-21(28)22(29)25-19-6-2-5-18(23)16-19/h2,5-10,16H,3-4,11-15H2,1H3,(H,24,28)(H,25,29). The van der Waals surface area contributed by atoms with E-state index in [0.717, 1.165) is 39.0 Å². The van der Waals surface area contributed by atoms with Crippen LogP contribution in [0.1, 0.15) is 12.0 Å². The first kappa shape index (κ1) is 21.1. The second-order valence-corrected chi connectivity index (χ2v) is 7.72. The van der Waals surface area contributed by atoms with E-state index in [-0.39, 0.29) is 0 Å². The number of anilines is 2. The minimum absolute atomic E-state index is 0.446. The van der Waals surface area contributed by atoms with Crippen LogP contribution in [0, 0.1) is 0 Å². The highest BCUT2D eigenvalue weighted by molar-refractivity contribution is 6.39. The van der Waals surface area contributed by atoms with Gasteiger partial charge in [-0.15, -0.1) is 0 Å². The first-order valence-electron chi connectivity index (χ1n) is 9.88. The lowest BCUT2D eigenvalue weighted by Gasteiger charge is -2.34. The lowest BCUT2D eigenvalue weighted by molar-refractivity contribution is -0.136. The monoisotopic (exact) mass is 414 g/mol. The number of amides is 2. The predicted molar refractivity (Wildman–Crippen MR) is 118 cm³/mol. The lowest BCUT2D eigenvalue weighted by atomic mass is 10.1. The normalized spacial score (nSPS) is 14.5. The van der Waals surface area contributed by atoms with Gasteiger partial charge in [-0.25, -0.2) is 0 Å². The van der Waals surface area contributed by atoms with Crippen LogP contribution >= 0.6 is 11.6 Å². The predicted octanol–water partition coefficient (Wildman–Crippen LogP) is 2.78. The molecule has 0 radical (unpaired) electrons. The smallest absolute Gasteiger partial charge is 0.313 e. The molecule has 2 aromatic carbocycles. The van der Waals surface area contributed by atoms with E-state index in [1.165, 1.54) is 11.3 Å². The summed E-state index contributed by atoms with van der Waals surface area (Å²) in [7, 11) is 2.15. The lowest BCUT2D eigenvalue weighted by Crippen LogP contribution is -2.44. The average Bonchev–Trinajstić information content (AvgIpc) is 2.72. The zero-order valence-corrected chi connectivity index (χ0v) is 17.4. The summed E-state index contributed by atoms with van der Waals surface area (Å²) in [5.41, 5.74) is 2.98. The Bertz CT molecular complexity index is 833. The Hall–Kier alpha value is -2.57. The third-order valence-electron chi connectivity index (χ3n) is 5.02. The molecular weight excluding hydrogens is 388 g/mol. The van der Waals surface area contributed by atoms with Crippen molar-refractivity contribution >= 4 is 34.8 Å². The SMILES string of the molecule is CN1CCN(c2ccc(CCCNC(=O)C(=O)Nc3cccc(Cl)c3)cc2)CC1. The number of nitrogens with one attached hydrogen (secondary N) is 2. The number of nitrogens with zero attached hydrogens (tertiary/aromatic N) is 2. The van der Waals surface area contributed by atoms with Crippen molar-refractivity contribution in [2.24, 2.45) is 0 Å². The molecule has 0 unspecified atom stereocenters. The van der Waals surface area contributed by atoms with Crippen LogP contribution in [0.3, 0.4) is 0 Å². The number of hydrogen-bond donors (Lipinski definition) is 2. The van der Waals surface area contributed by atoms with E-state index >= 15 is 0 Å². The molecule has 2 aromatic rings. The van der Waals surface area contributed by atoms with Crippen molar-refractivity contribution in [1.82, 2.24) is 10.2 Å². The zero-order valence-electron chi connectivity index (χ0n) is 16.7. The van der Waals surface area contributed by atoms with Gasteiger partial charge < -0.3 is 20.4 Å². The molecule has 7 heteroatoms. The summed E-state index contributed by atoms with van der Waals surface area (Å²) in [4.78, 5) is 28.6. The van der Waals surface area contributed by atoms with Gasteiger partial charge >= 0.3 is 11.8 Å². The van der Waals surface area contributed by atoms with E-state index in [1.54, 1.807) is 24.3 Å². The maximum Gasteiger partial charge on any atom is 0.313 e. The van der Waals surface area contributed by atoms with E-state index in [0.29, 0.717) is 17.3 Å². The first-order valence-corrected chi connectivity index (χ1v) is 10.3. The number of halogens is 1. The average molecular weight is 415 g/mol. The maximum absolute atomic E-state index is 11.9. The molecule has 29 heavy (non-hydrogen) atoms. The van der Waals surface area contributed by atoms with Crippen molar-refractivity contribution < 1.29 is 9.59 Å². The Balaban J connectivity index is 1.37. The highest BCUT2D eigenvalue weighted by Crippen LogP contribution is 2.18. The second-order valence-electron chi connectivity index (χ2n) is 7.28. The summed E-state index contributed by atoms with van der Waals surface area (Å²) < 4.78 is 0. The Morgan fingerprint density at radius 3 is 2.41 bits per heavy atom. The molecule has 0 atom stereocenters. The summed E-state index contributed by atoms with van der Waals surface area (Å²) in [5.74, 6) is -1.33. The molecule has 1 saturated heterocycles. The number of carbonyl (C=O) groups is 2. The van der Waals surface area contributed by atoms with Gasteiger partial charge in [-0.3, -0.25) is 9.59 Å². The van der Waals surface area contributed by atoms with Gasteiger partial charge in [-0.2, -0.15) is 0 Å². The molecule has 1 heterocycles. The molecule has 1 aliphatic heterocycles. The molecular formula is C22H27ClN4O2. The van der Waals surface area contributed by atoms with Crippen molar-refractivity contribution in [3.8, 4) is 0 Å². The molecule has 154 valence electrons. The summed E-state index contributed by atoms with van der Waals surface area (Å²) >= 11 is 5.87. The fourth-order valence-corrected chi connectivity index (χ4v) is 3.46. The van der Waals surface area contributed by atoms with Crippen LogP contribution < -0.4 is 15.5 Å². The topological polar surface area (TPSA) is 64.7 Å². The minimum atomic E-state index is -0.691. The van der Waals surface area contributed by atoms with Crippen LogP contribution in [-0.4, -0.2) is 56.5 Å². The van der Waals surface area contributed by atoms with Crippen molar-refractivity contribution in [2.45, 2.75) is 12.8 Å². The maximum atomic E-state index is 11.9. The van der Waals surface area contributed by atoms with Crippen LogP contribution in [0.25, 0.3) is 0 Å². The molecule has 6 nitrogen and oxygen atoms in total. The number of rotatable bonds is 6. The van der Waals surface area contributed by atoms with Gasteiger partial charge in [0.2, 0.25) is 0 Å². The molecule has 0 saturated carbocycles. The second kappa shape index (κ2) is 10.3. The summed E-state index contributed by atoms with van der Waals surface area (Å²) in [6.07, 6.45) is 1.61. The third kappa shape index (κ3) is 6.48. The molecule has 2 N–H and O–H groups in total. The Morgan fingerprint density at radius 2 is 1.72 bits per heavy atom. The molecule has 2 amide bonds. The van der Waals surface area contributed by atoms with Crippen LogP contribution in [0.2, 0.25) is 5.02 Å². The molecule has 1 fully saturated rings. The minimum Gasteiger partial charge on any atom is -0.369 e. The van der Waals surface area contributed by atoms with E-state index < -0.39 is 11.8 Å². The van der Waals surface area contributed by atoms with Crippen LogP contribution in [0.5, 0.6) is 0 Å². The molecule has 0 aliphatic carbocycles. The van der Waals surface area contributed by atoms with Crippen molar-refractivity contribution in [3.05, 3.63) is 59.1 Å². The highest BCUT2D eigenvalue weighted by atomic mass is 35.5. The zero-order chi connectivity index (χ0) is 20.6. The Kier molecular flexibility index (Phi) is 7.49. The van der Waals surface area contributed by atoms with Crippen LogP contribution in [-0.2, 0) is 16.0 Å². The van der Waals surface area contributed by atoms with Gasteiger partial charge in [0.05, 0.1) is 0 Å². The fourth-order valence-electron chi connectivity index (χ4n) is 3.27. The van der Waals surface area contributed by atoms with Crippen molar-refractivity contribution in [1.29, 1.82) is 0 Å². The summed E-state index contributed by atoms with van der Waals surface area (Å²) in [6.45, 7) is 4.74. The number of aryl methyl sites for hydroxylation is 1. The van der Waals surface area contributed by atoms with Crippen LogP contribution in [0.15, 0.2) is 48.5 Å². The number of benzene rings is 2. The third-order valence-corrected chi connectivity index (χ3v) is 5.26. The number of hydrogen-bond acceptors (Lipinski definition) is 4. The molecule has 0 spiro atoms. The number of likely N-dealkylation sites (N-methyl/N-ethyl adjacent to an activating group) is 1. The van der Waals surface area contributed by atoms with Gasteiger partial charge in [0.25, 0.3) is 0 Å². The Labute approximate surface area is 176 Å². The molecule has 1 aliphatic rings. The number of carbonyl (C=O) groups excluding carboxylic acids is 2. The Morgan fingerprint density at radius 1 is 1.00 bits per heavy atom. The quantitative estimate of drug-likeness (QED) is 0.563. The van der Waals surface area contributed by atoms with Crippen molar-refractivity contribution in [3.63, 3.8) is 0 Å². The van der Waals surface area contributed by atoms with E-state index in [4.69, 9.17) is 11.6 Å². The summed E-state index contributed by atoms with van der Waals surface area (Å²) in [5, 5.41) is 5.70. The van der Waals surface area contributed by atoms with Gasteiger partial charge in [0.1, 0.15) is 0 Å². The largest absolute Gasteiger partial charge is 0.369 e. The van der Waals surface area contributed by atoms with Crippen molar-refractivity contribution in [2.75, 3.05) is 50.0 Å². The van der Waals surface area contributed by atoms with Gasteiger partial charge in [-0.1, -0.05) is 29.8 Å². The van der Waals surface area contributed by atoms with E-state index in [2.05, 4.69) is 51.7 Å². The number of piperazine rings is 1. The molecule has 3 rings (SSSR count). The fraction of sp³-hybridized carbons (Fsp3) is 0.364. The summed E-state index contributed by atoms with van der Waals surface area (Å²) in [6, 6.07) is 15.3. The van der Waals surface area contributed by atoms with Gasteiger partial charge in [0, 0.05) is 49.1 Å². The van der Waals surface area contributed by atoms with Gasteiger partial charge in [-0.05, 0) is 55.8 Å². The van der Waals surface area contributed by atoms with E-state index in [1.807, 2.05) is 0 Å².